The maximum atomic E-state index is 12.2. The van der Waals surface area contributed by atoms with Gasteiger partial charge in [0.1, 0.15) is 0 Å². The summed E-state index contributed by atoms with van der Waals surface area (Å²) < 4.78 is 1.59. The van der Waals surface area contributed by atoms with Gasteiger partial charge in [0.25, 0.3) is 0 Å². The molecule has 3 heteroatoms. The second-order valence-corrected chi connectivity index (χ2v) is 29.8. The third-order valence-electron chi connectivity index (χ3n) is 20.8. The summed E-state index contributed by atoms with van der Waals surface area (Å²) >= 11 is 0. The fraction of sp³-hybridized carbons (Fsp3) is 0.804. The zero-order valence-corrected chi connectivity index (χ0v) is 67.0. The molecule has 0 saturated carbocycles. The Kier molecular flexibility index (Phi) is 69.0. The monoisotopic (exact) mass is 1360 g/mol. The van der Waals surface area contributed by atoms with Gasteiger partial charge in [-0.05, 0) is 148 Å². The van der Waals surface area contributed by atoms with Gasteiger partial charge in [0, 0.05) is 22.8 Å². The van der Waals surface area contributed by atoms with E-state index in [9.17, 15) is 5.53 Å². The second-order valence-electron chi connectivity index (χ2n) is 29.8. The first-order valence-electron chi connectivity index (χ1n) is 43.1. The van der Waals surface area contributed by atoms with E-state index in [1.54, 1.807) is 15.8 Å². The molecule has 0 saturated heterocycles. The van der Waals surface area contributed by atoms with Crippen molar-refractivity contribution in [3.8, 4) is 0 Å². The summed E-state index contributed by atoms with van der Waals surface area (Å²) in [5.41, 5.74) is 27.2. The Morgan fingerprint density at radius 3 is 0.684 bits per heavy atom. The molecule has 2 aromatic carbocycles. The number of unbranched alkanes of at least 4 members (excludes halogenated alkanes) is 49. The summed E-state index contributed by atoms with van der Waals surface area (Å²) in [6.07, 6.45) is 90.7. The van der Waals surface area contributed by atoms with E-state index in [4.69, 9.17) is 0 Å². The van der Waals surface area contributed by atoms with Crippen LogP contribution in [0.4, 0.5) is 0 Å². The van der Waals surface area contributed by atoms with Crippen LogP contribution < -0.4 is 0 Å². The summed E-state index contributed by atoms with van der Waals surface area (Å²) in [6.45, 7) is 28.5. The van der Waals surface area contributed by atoms with Gasteiger partial charge in [0.15, 0.2) is 0 Å². The minimum atomic E-state index is 0. The SMILES string of the molecule is CCCCC1=C(c2cc(CCCC)c(CCCC)c(CCCC)c2)[N+](=[N-])C(c2cc(CCCC)c(CCCC)c(CCCC)c2)=C1.[CH2-]CCCCCCCCCCCCCCCCCCCCCCC.[CH2-]CCCCCCCCCCCCCCCCCCCCCCC.[Ni+2]. The van der Waals surface area contributed by atoms with Gasteiger partial charge in [-0.2, -0.15) is 12.8 Å². The van der Waals surface area contributed by atoms with E-state index in [1.165, 1.54) is 399 Å². The van der Waals surface area contributed by atoms with Crippen LogP contribution in [0.15, 0.2) is 35.9 Å². The molecule has 0 N–H and O–H groups in total. The summed E-state index contributed by atoms with van der Waals surface area (Å²) in [5, 5.41) is 0. The molecule has 0 radical (unpaired) electrons. The molecule has 0 atom stereocenters. The van der Waals surface area contributed by atoms with Gasteiger partial charge in [-0.3, -0.25) is 0 Å². The number of hydrogen-bond donors (Lipinski definition) is 0. The molecule has 1 aliphatic heterocycles. The molecule has 2 nitrogen and oxygen atoms in total. The molecular formula is C92H166N2Ni. The fourth-order valence-corrected chi connectivity index (χ4v) is 14.4. The van der Waals surface area contributed by atoms with Crippen molar-refractivity contribution in [2.75, 3.05) is 0 Å². The molecule has 1 heterocycles. The zero-order chi connectivity index (χ0) is 68.4. The first-order valence-corrected chi connectivity index (χ1v) is 43.1. The van der Waals surface area contributed by atoms with Crippen LogP contribution >= 0.6 is 0 Å². The fourth-order valence-electron chi connectivity index (χ4n) is 14.4. The zero-order valence-electron chi connectivity index (χ0n) is 66.0. The maximum Gasteiger partial charge on any atom is 2.00 e. The summed E-state index contributed by atoms with van der Waals surface area (Å²) in [7, 11) is 0. The minimum Gasteiger partial charge on any atom is -0.493 e. The third kappa shape index (κ3) is 48.5. The van der Waals surface area contributed by atoms with Crippen molar-refractivity contribution in [1.29, 1.82) is 0 Å². The van der Waals surface area contributed by atoms with Crippen molar-refractivity contribution in [2.45, 2.75) is 480 Å². The Morgan fingerprint density at radius 2 is 0.453 bits per heavy atom. The Balaban J connectivity index is 0.00000153. The first kappa shape index (κ1) is 93.0. The van der Waals surface area contributed by atoms with Crippen LogP contribution in [0.1, 0.15) is 486 Å². The van der Waals surface area contributed by atoms with Crippen molar-refractivity contribution in [3.05, 3.63) is 99.8 Å². The summed E-state index contributed by atoms with van der Waals surface area (Å²) in [6, 6.07) is 9.81. The number of nitrogens with zero attached hydrogens (tertiary/aromatic N) is 2. The Labute approximate surface area is 608 Å². The number of rotatable bonds is 65. The van der Waals surface area contributed by atoms with E-state index in [-0.39, 0.29) is 16.5 Å². The van der Waals surface area contributed by atoms with Gasteiger partial charge in [0.05, 0.1) is 0 Å². The van der Waals surface area contributed by atoms with Crippen molar-refractivity contribution >= 4 is 11.4 Å². The van der Waals surface area contributed by atoms with Crippen LogP contribution in [0.2, 0.25) is 0 Å². The molecule has 0 spiro atoms. The van der Waals surface area contributed by atoms with E-state index in [2.05, 4.69) is 107 Å². The van der Waals surface area contributed by atoms with Crippen LogP contribution in [-0.2, 0) is 55.0 Å². The maximum absolute atomic E-state index is 12.2. The molecule has 3 rings (SSSR count). The summed E-state index contributed by atoms with van der Waals surface area (Å²) in [5.74, 6) is 0. The second kappa shape index (κ2) is 70.5. The first-order chi connectivity index (χ1) is 46.3. The standard InChI is InChI=1S/C44H68N2.2C24H49.Ni/c1-8-15-22-34-29-39(30-35(23-16-9-2)41(34)27-20-13-6)43-33-38(26-19-12-5)44(46(43)45)40-31-36(24-17-10-3)42(28-21-14-7)37(32-40)25-18-11-4;2*1-3-5-7-9-11-13-15-17-19-21-23-24-22-20-18-16-14-12-10-8-6-4-2;/h29-33H,8-28H2,1-7H3;2*1,3-24H2,2H3;/q;2*-1;+2. The largest absolute Gasteiger partial charge is 2.00 e. The predicted molar refractivity (Wildman–Crippen MR) is 428 cm³/mol. The predicted octanol–water partition coefficient (Wildman–Crippen LogP) is 32.6. The van der Waals surface area contributed by atoms with Gasteiger partial charge in [0.2, 0.25) is 11.4 Å². The molecule has 0 aromatic heterocycles. The van der Waals surface area contributed by atoms with Crippen LogP contribution in [0.5, 0.6) is 0 Å². The molecule has 0 fully saturated rings. The molecule has 554 valence electrons. The number of hydrogen-bond acceptors (Lipinski definition) is 0. The number of benzene rings is 2. The van der Waals surface area contributed by atoms with Gasteiger partial charge >= 0.3 is 16.5 Å². The third-order valence-corrected chi connectivity index (χ3v) is 20.8. The smallest absolute Gasteiger partial charge is 0.493 e. The summed E-state index contributed by atoms with van der Waals surface area (Å²) in [4.78, 5) is 0. The Hall–Kier alpha value is -1.99. The van der Waals surface area contributed by atoms with Gasteiger partial charge in [-0.1, -0.05) is 377 Å². The molecule has 0 bridgehead atoms. The molecule has 0 amide bonds. The van der Waals surface area contributed by atoms with Gasteiger partial charge in [-0.25, -0.2) is 4.70 Å². The van der Waals surface area contributed by atoms with Crippen LogP contribution in [0.3, 0.4) is 0 Å². The van der Waals surface area contributed by atoms with Crippen LogP contribution in [0.25, 0.3) is 16.9 Å². The van der Waals surface area contributed by atoms with E-state index in [0.29, 0.717) is 0 Å². The van der Waals surface area contributed by atoms with E-state index in [1.807, 2.05) is 0 Å². The average Bonchev–Trinajstić information content (AvgIpc) is 1.66. The molecule has 1 aliphatic rings. The Morgan fingerprint density at radius 1 is 0.253 bits per heavy atom. The number of aryl methyl sites for hydroxylation is 4. The number of allylic oxidation sites excluding steroid dienone is 2. The van der Waals surface area contributed by atoms with Crippen LogP contribution in [0, 0.1) is 13.8 Å². The van der Waals surface area contributed by atoms with Gasteiger partial charge in [-0.15, -0.1) is 0 Å². The molecule has 95 heavy (non-hydrogen) atoms. The Bertz CT molecular complexity index is 1910. The quantitative estimate of drug-likeness (QED) is 0.0273. The van der Waals surface area contributed by atoms with Crippen LogP contribution in [-0.4, -0.2) is 4.70 Å². The van der Waals surface area contributed by atoms with Gasteiger partial charge < -0.3 is 19.4 Å². The molecular weight excluding hydrogens is 1190 g/mol. The van der Waals surface area contributed by atoms with Crippen molar-refractivity contribution in [1.82, 2.24) is 0 Å². The molecule has 2 aromatic rings. The molecule has 0 aliphatic carbocycles. The van der Waals surface area contributed by atoms with Crippen molar-refractivity contribution in [2.24, 2.45) is 0 Å². The van der Waals surface area contributed by atoms with Crippen molar-refractivity contribution in [3.63, 3.8) is 0 Å². The topological polar surface area (TPSA) is 25.3 Å². The normalized spacial score (nSPS) is 12.1. The molecule has 0 unspecified atom stereocenters. The van der Waals surface area contributed by atoms with E-state index in [0.717, 1.165) is 69.2 Å². The minimum absolute atomic E-state index is 0. The van der Waals surface area contributed by atoms with Crippen molar-refractivity contribution < 1.29 is 21.2 Å². The van der Waals surface area contributed by atoms with E-state index < -0.39 is 0 Å². The van der Waals surface area contributed by atoms with E-state index >= 15 is 0 Å². The average molecular weight is 1360 g/mol.